The van der Waals surface area contributed by atoms with E-state index in [1.54, 1.807) is 5.57 Å². The number of aryl methyl sites for hydroxylation is 1. The Morgan fingerprint density at radius 2 is 1.86 bits per heavy atom. The van der Waals surface area contributed by atoms with Gasteiger partial charge in [0.15, 0.2) is 0 Å². The second kappa shape index (κ2) is 10.00. The summed E-state index contributed by atoms with van der Waals surface area (Å²) in [7, 11) is 0. The Morgan fingerprint density at radius 3 is 2.66 bits per heavy atom. The van der Waals surface area contributed by atoms with Crippen molar-refractivity contribution in [2.24, 2.45) is 5.92 Å². The molecule has 2 aliphatic rings. The summed E-state index contributed by atoms with van der Waals surface area (Å²) < 4.78 is 0. The first-order chi connectivity index (χ1) is 14.2. The quantitative estimate of drug-likeness (QED) is 0.510. The molecule has 0 spiro atoms. The molecule has 2 aliphatic heterocycles. The molecule has 2 aromatic rings. The van der Waals surface area contributed by atoms with E-state index in [1.165, 1.54) is 73.3 Å². The minimum atomic E-state index is 0.680. The lowest BCUT2D eigenvalue weighted by molar-refractivity contribution is 0.187. The largest absolute Gasteiger partial charge is 0.303 e. The van der Waals surface area contributed by atoms with E-state index in [4.69, 9.17) is 0 Å². The third kappa shape index (κ3) is 5.99. The number of thioether (sulfide) groups is 1. The van der Waals surface area contributed by atoms with Crippen LogP contribution in [0.4, 0.5) is 0 Å². The standard InChI is InChI=1S/C27H35NS/c1-21-10-11-27-26(17-21)20-25(18-22(2)29-27)9-6-14-28-15-12-24(13-16-28)19-23-7-4-3-5-8-23/h3-5,7-11,17,22,24H,6,12-16,18-20H2,1-2H3/b25-9-/t22-/m0/s1. The molecule has 0 radical (unpaired) electrons. The van der Waals surface area contributed by atoms with Gasteiger partial charge < -0.3 is 4.90 Å². The van der Waals surface area contributed by atoms with E-state index in [0.29, 0.717) is 5.25 Å². The lowest BCUT2D eigenvalue weighted by Crippen LogP contribution is -2.34. The summed E-state index contributed by atoms with van der Waals surface area (Å²) in [6.45, 7) is 8.36. The molecule has 1 saturated heterocycles. The summed E-state index contributed by atoms with van der Waals surface area (Å²) in [5.74, 6) is 0.867. The third-order valence-electron chi connectivity index (χ3n) is 6.46. The molecule has 154 valence electrons. The Balaban J connectivity index is 1.26. The summed E-state index contributed by atoms with van der Waals surface area (Å²) in [6, 6.07) is 18.0. The predicted molar refractivity (Wildman–Crippen MR) is 127 cm³/mol. The Bertz CT molecular complexity index is 818. The zero-order valence-electron chi connectivity index (χ0n) is 18.1. The van der Waals surface area contributed by atoms with Crippen LogP contribution in [0.25, 0.3) is 0 Å². The highest BCUT2D eigenvalue weighted by atomic mass is 32.2. The van der Waals surface area contributed by atoms with Crippen LogP contribution in [0.5, 0.6) is 0 Å². The Morgan fingerprint density at radius 1 is 1.07 bits per heavy atom. The van der Waals surface area contributed by atoms with Crippen LogP contribution in [0.3, 0.4) is 0 Å². The van der Waals surface area contributed by atoms with E-state index in [9.17, 15) is 0 Å². The summed E-state index contributed by atoms with van der Waals surface area (Å²) in [5.41, 5.74) is 6.07. The minimum Gasteiger partial charge on any atom is -0.303 e. The maximum Gasteiger partial charge on any atom is 0.0110 e. The average molecular weight is 406 g/mol. The van der Waals surface area contributed by atoms with Gasteiger partial charge in [-0.25, -0.2) is 0 Å². The molecule has 0 N–H and O–H groups in total. The molecule has 29 heavy (non-hydrogen) atoms. The van der Waals surface area contributed by atoms with Gasteiger partial charge in [0.05, 0.1) is 0 Å². The number of benzene rings is 2. The van der Waals surface area contributed by atoms with Gasteiger partial charge >= 0.3 is 0 Å². The van der Waals surface area contributed by atoms with Crippen LogP contribution in [0.15, 0.2) is 65.1 Å². The van der Waals surface area contributed by atoms with Crippen LogP contribution < -0.4 is 0 Å². The second-order valence-electron chi connectivity index (χ2n) is 9.05. The van der Waals surface area contributed by atoms with Gasteiger partial charge in [-0.2, -0.15) is 0 Å². The van der Waals surface area contributed by atoms with Crippen LogP contribution in [0.2, 0.25) is 0 Å². The summed E-state index contributed by atoms with van der Waals surface area (Å²) in [4.78, 5) is 4.18. The van der Waals surface area contributed by atoms with Crippen molar-refractivity contribution in [1.29, 1.82) is 0 Å². The van der Waals surface area contributed by atoms with E-state index in [0.717, 1.165) is 12.3 Å². The van der Waals surface area contributed by atoms with Gasteiger partial charge in [0.2, 0.25) is 0 Å². The fraction of sp³-hybridized carbons (Fsp3) is 0.481. The van der Waals surface area contributed by atoms with Gasteiger partial charge in [-0.1, -0.05) is 66.6 Å². The fourth-order valence-electron chi connectivity index (χ4n) is 4.87. The zero-order chi connectivity index (χ0) is 20.1. The first kappa shape index (κ1) is 20.8. The van der Waals surface area contributed by atoms with Gasteiger partial charge in [-0.15, -0.1) is 11.8 Å². The van der Waals surface area contributed by atoms with E-state index >= 15 is 0 Å². The van der Waals surface area contributed by atoms with Crippen LogP contribution >= 0.6 is 11.8 Å². The maximum absolute atomic E-state index is 2.69. The monoisotopic (exact) mass is 405 g/mol. The normalized spacial score (nSPS) is 22.4. The fourth-order valence-corrected chi connectivity index (χ4v) is 6.03. The number of fused-ring (bicyclic) bond motifs is 1. The molecule has 0 unspecified atom stereocenters. The molecule has 1 nitrogen and oxygen atoms in total. The number of piperidine rings is 1. The number of rotatable bonds is 5. The van der Waals surface area contributed by atoms with Crippen molar-refractivity contribution in [2.75, 3.05) is 19.6 Å². The summed E-state index contributed by atoms with van der Waals surface area (Å²) in [6.07, 6.45) is 10.1. The number of likely N-dealkylation sites (tertiary alicyclic amines) is 1. The van der Waals surface area contributed by atoms with Crippen molar-refractivity contribution in [2.45, 2.75) is 62.5 Å². The number of allylic oxidation sites excluding steroid dienone is 1. The van der Waals surface area contributed by atoms with Gasteiger partial charge in [-0.05, 0) is 81.6 Å². The third-order valence-corrected chi connectivity index (χ3v) is 7.69. The highest BCUT2D eigenvalue weighted by Gasteiger charge is 2.20. The van der Waals surface area contributed by atoms with Gasteiger partial charge in [0, 0.05) is 16.7 Å². The Hall–Kier alpha value is -1.51. The molecule has 0 aromatic heterocycles. The second-order valence-corrected chi connectivity index (χ2v) is 10.5. The molecular formula is C27H35NS. The SMILES string of the molecule is Cc1ccc2c(c1)C/C(=C\CCN1CCC(Cc3ccccc3)CC1)C[C@H](C)S2. The molecule has 2 heteroatoms. The molecule has 2 aromatic carbocycles. The molecule has 0 saturated carbocycles. The van der Waals surface area contributed by atoms with Gasteiger partial charge in [0.25, 0.3) is 0 Å². The number of hydrogen-bond donors (Lipinski definition) is 0. The lowest BCUT2D eigenvalue weighted by Gasteiger charge is -2.31. The molecule has 4 rings (SSSR count). The molecule has 1 fully saturated rings. The maximum atomic E-state index is 2.69. The van der Waals surface area contributed by atoms with Gasteiger partial charge in [0.1, 0.15) is 0 Å². The minimum absolute atomic E-state index is 0.680. The summed E-state index contributed by atoms with van der Waals surface area (Å²) >= 11 is 2.06. The highest BCUT2D eigenvalue weighted by Crippen LogP contribution is 2.36. The van der Waals surface area contributed by atoms with Crippen LogP contribution in [-0.2, 0) is 12.8 Å². The first-order valence-electron chi connectivity index (χ1n) is 11.4. The Labute approximate surface area is 181 Å². The zero-order valence-corrected chi connectivity index (χ0v) is 18.9. The molecule has 0 aliphatic carbocycles. The number of nitrogens with zero attached hydrogens (tertiary/aromatic N) is 1. The van der Waals surface area contributed by atoms with E-state index in [1.807, 2.05) is 0 Å². The van der Waals surface area contributed by atoms with E-state index in [-0.39, 0.29) is 0 Å². The van der Waals surface area contributed by atoms with Crippen molar-refractivity contribution in [3.63, 3.8) is 0 Å². The van der Waals surface area contributed by atoms with Crippen molar-refractivity contribution < 1.29 is 0 Å². The predicted octanol–water partition coefficient (Wildman–Crippen LogP) is 6.69. The van der Waals surface area contributed by atoms with Crippen LogP contribution in [0, 0.1) is 12.8 Å². The molecular weight excluding hydrogens is 370 g/mol. The molecule has 0 amide bonds. The van der Waals surface area contributed by atoms with Crippen molar-refractivity contribution in [1.82, 2.24) is 4.90 Å². The summed E-state index contributed by atoms with van der Waals surface area (Å²) in [5, 5.41) is 0.680. The van der Waals surface area contributed by atoms with Crippen molar-refractivity contribution in [3.05, 3.63) is 76.9 Å². The van der Waals surface area contributed by atoms with E-state index in [2.05, 4.69) is 85.1 Å². The molecule has 2 heterocycles. The average Bonchev–Trinajstić information content (AvgIpc) is 2.87. The smallest absolute Gasteiger partial charge is 0.0110 e. The van der Waals surface area contributed by atoms with Crippen LogP contribution in [0.1, 0.15) is 49.3 Å². The van der Waals surface area contributed by atoms with Crippen LogP contribution in [-0.4, -0.2) is 29.8 Å². The van der Waals surface area contributed by atoms with E-state index < -0.39 is 0 Å². The highest BCUT2D eigenvalue weighted by molar-refractivity contribution is 8.00. The lowest BCUT2D eigenvalue weighted by atomic mass is 9.90. The topological polar surface area (TPSA) is 3.24 Å². The number of hydrogen-bond acceptors (Lipinski definition) is 2. The molecule has 1 atom stereocenters. The van der Waals surface area contributed by atoms with Crippen molar-refractivity contribution >= 4 is 11.8 Å². The van der Waals surface area contributed by atoms with Gasteiger partial charge in [-0.3, -0.25) is 0 Å². The first-order valence-corrected chi connectivity index (χ1v) is 12.2. The Kier molecular flexibility index (Phi) is 7.15. The van der Waals surface area contributed by atoms with Crippen molar-refractivity contribution in [3.8, 4) is 0 Å². The molecule has 0 bridgehead atoms.